The Morgan fingerprint density at radius 2 is 1.29 bits per heavy atom. The van der Waals surface area contributed by atoms with E-state index in [4.69, 9.17) is 5.11 Å². The van der Waals surface area contributed by atoms with Gasteiger partial charge in [0, 0.05) is 0 Å². The van der Waals surface area contributed by atoms with Crippen LogP contribution in [0.1, 0.15) is 0 Å². The maximum atomic E-state index is 12.5. The number of carbonyl (C=O) groups is 3. The average Bonchev–Trinajstić information content (AvgIpc) is 2.60. The highest BCUT2D eigenvalue weighted by molar-refractivity contribution is 6.00. The van der Waals surface area contributed by atoms with Gasteiger partial charge in [0.25, 0.3) is 0 Å². The van der Waals surface area contributed by atoms with Crippen LogP contribution in [0.5, 0.6) is 0 Å². The Hall–Kier alpha value is -3.35. The van der Waals surface area contributed by atoms with Gasteiger partial charge in [-0.15, -0.1) is 0 Å². The van der Waals surface area contributed by atoms with Crippen LogP contribution in [0, 0.1) is 0 Å². The first-order valence-corrected chi connectivity index (χ1v) is 7.24. The molecular formula is C17H17N3O4. The Balaban J connectivity index is 2.09. The molecular weight excluding hydrogens is 310 g/mol. The Bertz CT molecular complexity index is 665. The zero-order valence-electron chi connectivity index (χ0n) is 12.8. The number of benzene rings is 2. The Morgan fingerprint density at radius 1 is 0.792 bits per heavy atom. The number of amides is 3. The summed E-state index contributed by atoms with van der Waals surface area (Å²) in [5, 5.41) is 13.2. The van der Waals surface area contributed by atoms with Crippen molar-refractivity contribution in [2.24, 2.45) is 0 Å². The van der Waals surface area contributed by atoms with Gasteiger partial charge < -0.3 is 15.7 Å². The summed E-state index contributed by atoms with van der Waals surface area (Å²) in [6, 6.07) is 17.5. The second-order valence-electron chi connectivity index (χ2n) is 4.84. The quantitative estimate of drug-likeness (QED) is 0.752. The molecule has 0 radical (unpaired) electrons. The number of carboxylic acid groups (broad SMARTS) is 1. The van der Waals surface area contributed by atoms with Crippen molar-refractivity contribution in [3.05, 3.63) is 60.7 Å². The van der Waals surface area contributed by atoms with E-state index in [1.165, 1.54) is 4.90 Å². The highest BCUT2D eigenvalue weighted by Crippen LogP contribution is 2.24. The molecule has 0 saturated heterocycles. The average molecular weight is 327 g/mol. The summed E-state index contributed by atoms with van der Waals surface area (Å²) in [6.45, 7) is -0.807. The van der Waals surface area contributed by atoms with E-state index < -0.39 is 24.5 Å². The van der Waals surface area contributed by atoms with Gasteiger partial charge in [0.1, 0.15) is 6.54 Å². The van der Waals surface area contributed by atoms with E-state index in [0.29, 0.717) is 11.4 Å². The van der Waals surface area contributed by atoms with Crippen molar-refractivity contribution < 1.29 is 19.5 Å². The van der Waals surface area contributed by atoms with Crippen LogP contribution < -0.4 is 15.5 Å². The monoisotopic (exact) mass is 327 g/mol. The first-order chi connectivity index (χ1) is 11.6. The van der Waals surface area contributed by atoms with Crippen LogP contribution in [-0.2, 0) is 9.59 Å². The molecule has 2 rings (SSSR count). The Kier molecular flexibility index (Phi) is 5.90. The minimum atomic E-state index is -1.15. The predicted molar refractivity (Wildman–Crippen MR) is 89.1 cm³/mol. The predicted octanol–water partition coefficient (Wildman–Crippen LogP) is 1.74. The van der Waals surface area contributed by atoms with Crippen LogP contribution in [0.25, 0.3) is 0 Å². The maximum Gasteiger partial charge on any atom is 0.326 e. The summed E-state index contributed by atoms with van der Waals surface area (Å²) in [6.07, 6.45) is 0. The van der Waals surface area contributed by atoms with Crippen molar-refractivity contribution in [1.82, 2.24) is 10.6 Å². The molecule has 0 aliphatic carbocycles. The van der Waals surface area contributed by atoms with Crippen LogP contribution in [0.15, 0.2) is 60.7 Å². The topological polar surface area (TPSA) is 98.7 Å². The first kappa shape index (κ1) is 17.0. The third-order valence-corrected chi connectivity index (χ3v) is 3.07. The number of urea groups is 1. The van der Waals surface area contributed by atoms with E-state index in [1.54, 1.807) is 48.5 Å². The smallest absolute Gasteiger partial charge is 0.326 e. The summed E-state index contributed by atoms with van der Waals surface area (Å²) in [5.41, 5.74) is 1.29. The third-order valence-electron chi connectivity index (χ3n) is 3.07. The second kappa shape index (κ2) is 8.33. The largest absolute Gasteiger partial charge is 0.480 e. The fraction of sp³-hybridized carbons (Fsp3) is 0.118. The molecule has 7 heteroatoms. The van der Waals surface area contributed by atoms with Gasteiger partial charge in [0.05, 0.1) is 17.9 Å². The van der Waals surface area contributed by atoms with Crippen molar-refractivity contribution >= 4 is 29.3 Å². The molecule has 0 unspecified atom stereocenters. The van der Waals surface area contributed by atoms with Gasteiger partial charge in [-0.3, -0.25) is 14.5 Å². The van der Waals surface area contributed by atoms with Crippen LogP contribution >= 0.6 is 0 Å². The van der Waals surface area contributed by atoms with Crippen molar-refractivity contribution in [3.63, 3.8) is 0 Å². The van der Waals surface area contributed by atoms with E-state index in [0.717, 1.165) is 0 Å². The molecule has 0 bridgehead atoms. The molecule has 124 valence electrons. The van der Waals surface area contributed by atoms with Crippen LogP contribution in [0.3, 0.4) is 0 Å². The molecule has 24 heavy (non-hydrogen) atoms. The molecule has 2 aromatic rings. The molecule has 0 spiro atoms. The number of hydrogen-bond donors (Lipinski definition) is 3. The van der Waals surface area contributed by atoms with E-state index in [9.17, 15) is 14.4 Å². The van der Waals surface area contributed by atoms with Crippen LogP contribution in [0.4, 0.5) is 16.2 Å². The lowest BCUT2D eigenvalue weighted by atomic mass is 10.2. The van der Waals surface area contributed by atoms with Crippen molar-refractivity contribution in [2.75, 3.05) is 18.0 Å². The van der Waals surface area contributed by atoms with Gasteiger partial charge in [0.15, 0.2) is 0 Å². The molecule has 0 aromatic heterocycles. The number of rotatable bonds is 6. The van der Waals surface area contributed by atoms with E-state index in [2.05, 4.69) is 10.6 Å². The van der Waals surface area contributed by atoms with Gasteiger partial charge in [-0.05, 0) is 24.3 Å². The zero-order chi connectivity index (χ0) is 17.4. The van der Waals surface area contributed by atoms with Crippen LogP contribution in [-0.4, -0.2) is 36.1 Å². The summed E-state index contributed by atoms with van der Waals surface area (Å²) in [7, 11) is 0. The molecule has 0 saturated carbocycles. The number of para-hydroxylation sites is 2. The minimum absolute atomic E-state index is 0.317. The maximum absolute atomic E-state index is 12.5. The van der Waals surface area contributed by atoms with Crippen molar-refractivity contribution in [1.29, 1.82) is 0 Å². The minimum Gasteiger partial charge on any atom is -0.480 e. The molecule has 3 N–H and O–H groups in total. The first-order valence-electron chi connectivity index (χ1n) is 7.24. The molecule has 0 fully saturated rings. The molecule has 3 amide bonds. The summed E-state index contributed by atoms with van der Waals surface area (Å²) in [5.74, 6) is -1.73. The Morgan fingerprint density at radius 3 is 1.75 bits per heavy atom. The third kappa shape index (κ3) is 4.84. The number of hydrogen-bond acceptors (Lipinski definition) is 3. The van der Waals surface area contributed by atoms with Crippen LogP contribution in [0.2, 0.25) is 0 Å². The van der Waals surface area contributed by atoms with Gasteiger partial charge >= 0.3 is 12.0 Å². The van der Waals surface area contributed by atoms with Crippen molar-refractivity contribution in [2.45, 2.75) is 0 Å². The highest BCUT2D eigenvalue weighted by Gasteiger charge is 2.18. The van der Waals surface area contributed by atoms with E-state index in [1.807, 2.05) is 12.1 Å². The lowest BCUT2D eigenvalue weighted by Gasteiger charge is -2.23. The lowest BCUT2D eigenvalue weighted by molar-refractivity contribution is -0.137. The van der Waals surface area contributed by atoms with Gasteiger partial charge in [-0.25, -0.2) is 4.79 Å². The van der Waals surface area contributed by atoms with E-state index >= 15 is 0 Å². The molecule has 7 nitrogen and oxygen atoms in total. The molecule has 0 heterocycles. The molecule has 0 aliphatic heterocycles. The molecule has 0 atom stereocenters. The summed E-state index contributed by atoms with van der Waals surface area (Å²) < 4.78 is 0. The standard InChI is InChI=1S/C17H17N3O4/c21-15(18-12-16(22)23)11-19-17(24)20(13-7-3-1-4-8-13)14-9-5-2-6-10-14/h1-10H,11-12H2,(H,18,21)(H,19,24)(H,22,23). The summed E-state index contributed by atoms with van der Waals surface area (Å²) >= 11 is 0. The normalized spacial score (nSPS) is 9.83. The van der Waals surface area contributed by atoms with E-state index in [-0.39, 0.29) is 6.54 Å². The fourth-order valence-corrected chi connectivity index (χ4v) is 2.01. The molecule has 2 aromatic carbocycles. The lowest BCUT2D eigenvalue weighted by Crippen LogP contribution is -2.43. The molecule has 0 aliphatic rings. The van der Waals surface area contributed by atoms with Crippen molar-refractivity contribution in [3.8, 4) is 0 Å². The number of nitrogens with one attached hydrogen (secondary N) is 2. The number of nitrogens with zero attached hydrogens (tertiary/aromatic N) is 1. The fourth-order valence-electron chi connectivity index (χ4n) is 2.01. The zero-order valence-corrected chi connectivity index (χ0v) is 12.8. The highest BCUT2D eigenvalue weighted by atomic mass is 16.4. The number of anilines is 2. The number of carbonyl (C=O) groups excluding carboxylic acids is 2. The second-order valence-corrected chi connectivity index (χ2v) is 4.84. The van der Waals surface area contributed by atoms with Gasteiger partial charge in [-0.2, -0.15) is 0 Å². The van der Waals surface area contributed by atoms with Gasteiger partial charge in [0.2, 0.25) is 5.91 Å². The Labute approximate surface area is 138 Å². The SMILES string of the molecule is O=C(O)CNC(=O)CNC(=O)N(c1ccccc1)c1ccccc1. The summed E-state index contributed by atoms with van der Waals surface area (Å²) in [4.78, 5) is 35.9. The van der Waals surface area contributed by atoms with Gasteiger partial charge in [-0.1, -0.05) is 36.4 Å². The number of carboxylic acids is 1. The number of aliphatic carboxylic acids is 1.